The lowest BCUT2D eigenvalue weighted by molar-refractivity contribution is 0.101. The molecular weight excluding hydrogens is 388 g/mol. The van der Waals surface area contributed by atoms with E-state index in [4.69, 9.17) is 0 Å². The first-order chi connectivity index (χ1) is 9.65. The van der Waals surface area contributed by atoms with E-state index >= 15 is 0 Å². The van der Waals surface area contributed by atoms with Crippen LogP contribution in [0.3, 0.4) is 0 Å². The average molecular weight is 398 g/mol. The number of Topliss-reactive ketones (excluding diaryl/α,β-unsaturated/α-hetero) is 2. The van der Waals surface area contributed by atoms with E-state index in [1.165, 1.54) is 12.4 Å². The summed E-state index contributed by atoms with van der Waals surface area (Å²) in [4.78, 5) is 31.3. The van der Waals surface area contributed by atoms with Crippen molar-refractivity contribution in [2.45, 2.75) is 0 Å². The molecule has 0 radical (unpaired) electrons. The molecule has 0 amide bonds. The first-order valence-corrected chi connectivity index (χ1v) is 8.01. The van der Waals surface area contributed by atoms with Crippen LogP contribution in [-0.4, -0.2) is 32.2 Å². The summed E-state index contributed by atoms with van der Waals surface area (Å²) >= 11 is 6.24. The Kier molecular flexibility index (Phi) is 5.14. The summed E-state index contributed by atoms with van der Waals surface area (Å²) in [5.74, 6) is 0.486. The molecule has 0 N–H and O–H groups in total. The van der Waals surface area contributed by atoms with Gasteiger partial charge in [0.05, 0.1) is 16.2 Å². The van der Waals surface area contributed by atoms with Crippen molar-refractivity contribution in [1.29, 1.82) is 0 Å². The Labute approximate surface area is 132 Å². The summed E-state index contributed by atoms with van der Waals surface area (Å²) in [5, 5.41) is 0.547. The second kappa shape index (κ2) is 6.85. The number of halogens is 2. The molecule has 0 aliphatic carbocycles. The Bertz CT molecular complexity index is 567. The van der Waals surface area contributed by atoms with Gasteiger partial charge < -0.3 is 0 Å². The highest BCUT2D eigenvalue weighted by molar-refractivity contribution is 9.09. The van der Waals surface area contributed by atoms with E-state index in [-0.39, 0.29) is 16.9 Å². The molecule has 0 fully saturated rings. The van der Waals surface area contributed by atoms with E-state index in [1.54, 1.807) is 24.3 Å². The largest absolute Gasteiger partial charge is 0.293 e. The van der Waals surface area contributed by atoms with Crippen molar-refractivity contribution in [2.75, 3.05) is 10.7 Å². The molecule has 0 atom stereocenters. The molecule has 2 rings (SSSR count). The van der Waals surface area contributed by atoms with Crippen molar-refractivity contribution < 1.29 is 9.59 Å². The molecule has 1 aromatic carbocycles. The Morgan fingerprint density at radius 3 is 1.85 bits per heavy atom. The molecule has 4 nitrogen and oxygen atoms in total. The fourth-order valence-electron chi connectivity index (χ4n) is 1.58. The van der Waals surface area contributed by atoms with Gasteiger partial charge in [-0.1, -0.05) is 56.1 Å². The van der Waals surface area contributed by atoms with Gasteiger partial charge in [-0.15, -0.1) is 0 Å². The van der Waals surface area contributed by atoms with E-state index in [2.05, 4.69) is 41.8 Å². The van der Waals surface area contributed by atoms with Gasteiger partial charge in [-0.25, -0.2) is 9.97 Å². The van der Waals surface area contributed by atoms with Crippen LogP contribution in [0.2, 0.25) is 0 Å². The third-order valence-corrected chi connectivity index (χ3v) is 3.70. The van der Waals surface area contributed by atoms with Crippen molar-refractivity contribution in [2.24, 2.45) is 0 Å². The lowest BCUT2D eigenvalue weighted by Gasteiger charge is -2.02. The predicted molar refractivity (Wildman–Crippen MR) is 83.7 cm³/mol. The van der Waals surface area contributed by atoms with Gasteiger partial charge in [0, 0.05) is 23.5 Å². The number of nitrogens with zero attached hydrogens (tertiary/aromatic N) is 2. The predicted octanol–water partition coefficient (Wildman–Crippen LogP) is 3.30. The maximum absolute atomic E-state index is 11.5. The van der Waals surface area contributed by atoms with E-state index in [9.17, 15) is 9.59 Å². The molecule has 0 saturated carbocycles. The van der Waals surface area contributed by atoms with Crippen LogP contribution in [0.1, 0.15) is 20.7 Å². The van der Waals surface area contributed by atoms with Crippen LogP contribution in [0.25, 0.3) is 11.4 Å². The minimum absolute atomic E-state index is 0.0238. The Hall–Kier alpha value is -1.40. The van der Waals surface area contributed by atoms with Crippen LogP contribution in [0.5, 0.6) is 0 Å². The third-order valence-electron chi connectivity index (χ3n) is 2.68. The maximum atomic E-state index is 11.5. The molecule has 0 aliphatic heterocycles. The topological polar surface area (TPSA) is 59.9 Å². The fourth-order valence-corrected chi connectivity index (χ4v) is 2.23. The molecule has 1 aromatic heterocycles. The second-order valence-electron chi connectivity index (χ2n) is 3.99. The summed E-state index contributed by atoms with van der Waals surface area (Å²) in [6.45, 7) is 0. The number of carbonyl (C=O) groups excluding carboxylic acids is 2. The first kappa shape index (κ1) is 15.0. The fraction of sp³-hybridized carbons (Fsp3) is 0.143. The molecule has 0 saturated heterocycles. The zero-order valence-electron chi connectivity index (χ0n) is 10.3. The molecule has 20 heavy (non-hydrogen) atoms. The minimum Gasteiger partial charge on any atom is -0.293 e. The van der Waals surface area contributed by atoms with Crippen LogP contribution in [0, 0.1) is 0 Å². The van der Waals surface area contributed by atoms with Crippen molar-refractivity contribution >= 4 is 43.4 Å². The zero-order valence-corrected chi connectivity index (χ0v) is 13.5. The van der Waals surface area contributed by atoms with E-state index in [0.717, 1.165) is 5.56 Å². The van der Waals surface area contributed by atoms with Crippen molar-refractivity contribution in [3.8, 4) is 11.4 Å². The molecule has 0 bridgehead atoms. The number of aromatic nitrogens is 2. The number of benzene rings is 1. The molecule has 2 aromatic rings. The van der Waals surface area contributed by atoms with Gasteiger partial charge in [-0.3, -0.25) is 9.59 Å². The number of alkyl halides is 2. The highest BCUT2D eigenvalue weighted by Gasteiger charge is 2.08. The van der Waals surface area contributed by atoms with Gasteiger partial charge in [-0.05, 0) is 0 Å². The number of rotatable bonds is 5. The van der Waals surface area contributed by atoms with Gasteiger partial charge in [0.2, 0.25) is 0 Å². The van der Waals surface area contributed by atoms with Gasteiger partial charge in [0.15, 0.2) is 17.4 Å². The monoisotopic (exact) mass is 396 g/mol. The summed E-state index contributed by atoms with van der Waals surface area (Å²) in [7, 11) is 0. The highest BCUT2D eigenvalue weighted by atomic mass is 79.9. The SMILES string of the molecule is O=C(CBr)c1ccc(-c2ncc(C(=O)CBr)cn2)cc1. The van der Waals surface area contributed by atoms with Crippen LogP contribution >= 0.6 is 31.9 Å². The normalized spacial score (nSPS) is 10.3. The molecule has 0 unspecified atom stereocenters. The van der Waals surface area contributed by atoms with E-state index in [0.29, 0.717) is 22.3 Å². The molecule has 0 aliphatic rings. The van der Waals surface area contributed by atoms with E-state index in [1.807, 2.05) is 0 Å². The zero-order chi connectivity index (χ0) is 14.5. The maximum Gasteiger partial charge on any atom is 0.176 e. The molecule has 0 spiro atoms. The van der Waals surface area contributed by atoms with Crippen LogP contribution < -0.4 is 0 Å². The van der Waals surface area contributed by atoms with Gasteiger partial charge in [-0.2, -0.15) is 0 Å². The smallest absolute Gasteiger partial charge is 0.176 e. The Morgan fingerprint density at radius 1 is 0.850 bits per heavy atom. The number of carbonyl (C=O) groups is 2. The average Bonchev–Trinajstić information content (AvgIpc) is 2.53. The minimum atomic E-state index is -0.0604. The summed E-state index contributed by atoms with van der Waals surface area (Å²) < 4.78 is 0. The van der Waals surface area contributed by atoms with Crippen LogP contribution in [-0.2, 0) is 0 Å². The lowest BCUT2D eigenvalue weighted by Crippen LogP contribution is -2.02. The lowest BCUT2D eigenvalue weighted by atomic mass is 10.1. The number of ketones is 2. The first-order valence-electron chi connectivity index (χ1n) is 5.76. The highest BCUT2D eigenvalue weighted by Crippen LogP contribution is 2.16. The summed E-state index contributed by atoms with van der Waals surface area (Å²) in [6.07, 6.45) is 3.01. The summed E-state index contributed by atoms with van der Waals surface area (Å²) in [6, 6.07) is 7.05. The van der Waals surface area contributed by atoms with Gasteiger partial charge in [0.1, 0.15) is 0 Å². The van der Waals surface area contributed by atoms with Crippen LogP contribution in [0.4, 0.5) is 0 Å². The third kappa shape index (κ3) is 3.37. The number of hydrogen-bond donors (Lipinski definition) is 0. The molecule has 1 heterocycles. The van der Waals surface area contributed by atoms with Crippen molar-refractivity contribution in [1.82, 2.24) is 9.97 Å². The van der Waals surface area contributed by atoms with Crippen molar-refractivity contribution in [3.63, 3.8) is 0 Å². The van der Waals surface area contributed by atoms with Crippen LogP contribution in [0.15, 0.2) is 36.7 Å². The Balaban J connectivity index is 2.23. The Morgan fingerprint density at radius 2 is 1.35 bits per heavy atom. The number of hydrogen-bond acceptors (Lipinski definition) is 4. The quantitative estimate of drug-likeness (QED) is 0.573. The second-order valence-corrected chi connectivity index (χ2v) is 5.11. The molecule has 102 valence electrons. The molecular formula is C14H10Br2N2O2. The van der Waals surface area contributed by atoms with Crippen molar-refractivity contribution in [3.05, 3.63) is 47.8 Å². The van der Waals surface area contributed by atoms with Gasteiger partial charge in [0.25, 0.3) is 0 Å². The molecule has 6 heteroatoms. The standard InChI is InChI=1S/C14H10Br2N2O2/c15-5-12(19)9-1-3-10(4-2-9)14-17-7-11(8-18-14)13(20)6-16/h1-4,7-8H,5-6H2. The summed E-state index contributed by atoms with van der Waals surface area (Å²) in [5.41, 5.74) is 1.90. The van der Waals surface area contributed by atoms with Gasteiger partial charge >= 0.3 is 0 Å². The van der Waals surface area contributed by atoms with E-state index < -0.39 is 0 Å².